The van der Waals surface area contributed by atoms with Gasteiger partial charge in [0.1, 0.15) is 0 Å². The van der Waals surface area contributed by atoms with Gasteiger partial charge in [0.15, 0.2) is 0 Å². The highest BCUT2D eigenvalue weighted by Gasteiger charge is 2.25. The predicted octanol–water partition coefficient (Wildman–Crippen LogP) is 0.960. The molecule has 0 aromatic carbocycles. The van der Waals surface area contributed by atoms with E-state index in [4.69, 9.17) is 5.11 Å². The van der Waals surface area contributed by atoms with E-state index < -0.39 is 5.97 Å². The van der Waals surface area contributed by atoms with Gasteiger partial charge in [-0.25, -0.2) is 4.79 Å². The number of carboxylic acids is 1. The van der Waals surface area contributed by atoms with Gasteiger partial charge in [0.05, 0.1) is 0 Å². The second-order valence-electron chi connectivity index (χ2n) is 5.04. The lowest BCUT2D eigenvalue weighted by Crippen LogP contribution is -2.44. The van der Waals surface area contributed by atoms with Gasteiger partial charge < -0.3 is 14.9 Å². The van der Waals surface area contributed by atoms with Gasteiger partial charge in [0.2, 0.25) is 5.91 Å². The first-order valence-corrected chi connectivity index (χ1v) is 6.21. The molecule has 1 heterocycles. The molecule has 1 amide bonds. The SMILES string of the molecule is CC(C(=O)O)=C(C)C(=O)N1CCC(N(C)C)CC1. The highest BCUT2D eigenvalue weighted by Crippen LogP contribution is 2.17. The first kappa shape index (κ1) is 14.7. The Kier molecular flexibility index (Phi) is 4.90. The average Bonchev–Trinajstić information content (AvgIpc) is 2.36. The Morgan fingerprint density at radius 2 is 1.61 bits per heavy atom. The molecule has 0 aliphatic carbocycles. The molecule has 0 aromatic heterocycles. The van der Waals surface area contributed by atoms with Crippen LogP contribution in [-0.2, 0) is 9.59 Å². The normalized spacial score (nSPS) is 18.8. The third kappa shape index (κ3) is 3.32. The summed E-state index contributed by atoms with van der Waals surface area (Å²) >= 11 is 0. The smallest absolute Gasteiger partial charge is 0.331 e. The van der Waals surface area contributed by atoms with Crippen LogP contribution in [0.3, 0.4) is 0 Å². The molecule has 1 saturated heterocycles. The second-order valence-corrected chi connectivity index (χ2v) is 5.04. The molecule has 0 bridgehead atoms. The Hall–Kier alpha value is -1.36. The number of piperidine rings is 1. The fourth-order valence-electron chi connectivity index (χ4n) is 2.14. The summed E-state index contributed by atoms with van der Waals surface area (Å²) < 4.78 is 0. The maximum absolute atomic E-state index is 12.1. The van der Waals surface area contributed by atoms with Gasteiger partial charge >= 0.3 is 5.97 Å². The van der Waals surface area contributed by atoms with Crippen LogP contribution >= 0.6 is 0 Å². The van der Waals surface area contributed by atoms with Gasteiger partial charge in [0, 0.05) is 30.3 Å². The number of amides is 1. The number of likely N-dealkylation sites (tertiary alicyclic amines) is 1. The van der Waals surface area contributed by atoms with Crippen LogP contribution in [-0.4, -0.2) is 60.0 Å². The van der Waals surface area contributed by atoms with Crippen molar-refractivity contribution in [1.82, 2.24) is 9.80 Å². The molecule has 18 heavy (non-hydrogen) atoms. The predicted molar refractivity (Wildman–Crippen MR) is 69.3 cm³/mol. The van der Waals surface area contributed by atoms with Crippen molar-refractivity contribution in [2.24, 2.45) is 0 Å². The summed E-state index contributed by atoms with van der Waals surface area (Å²) in [7, 11) is 4.09. The van der Waals surface area contributed by atoms with Crippen LogP contribution in [0.5, 0.6) is 0 Å². The van der Waals surface area contributed by atoms with E-state index in [-0.39, 0.29) is 11.5 Å². The summed E-state index contributed by atoms with van der Waals surface area (Å²) in [5, 5.41) is 8.88. The number of hydrogen-bond donors (Lipinski definition) is 1. The van der Waals surface area contributed by atoms with Crippen molar-refractivity contribution in [3.05, 3.63) is 11.1 Å². The molecule has 1 N–H and O–H groups in total. The zero-order valence-corrected chi connectivity index (χ0v) is 11.6. The quantitative estimate of drug-likeness (QED) is 0.762. The molecule has 5 heteroatoms. The van der Waals surface area contributed by atoms with Crippen molar-refractivity contribution in [2.75, 3.05) is 27.2 Å². The summed E-state index contributed by atoms with van der Waals surface area (Å²) in [5.74, 6) is -1.17. The summed E-state index contributed by atoms with van der Waals surface area (Å²) in [4.78, 5) is 26.9. The minimum absolute atomic E-state index is 0.134. The highest BCUT2D eigenvalue weighted by atomic mass is 16.4. The number of aliphatic carboxylic acids is 1. The van der Waals surface area contributed by atoms with Crippen molar-refractivity contribution in [2.45, 2.75) is 32.7 Å². The molecular formula is C13H22N2O3. The van der Waals surface area contributed by atoms with E-state index >= 15 is 0 Å². The minimum Gasteiger partial charge on any atom is -0.478 e. The molecule has 0 aromatic rings. The second kappa shape index (κ2) is 6.00. The summed E-state index contributed by atoms with van der Waals surface area (Å²) in [6.45, 7) is 4.46. The van der Waals surface area contributed by atoms with E-state index in [9.17, 15) is 9.59 Å². The van der Waals surface area contributed by atoms with Crippen LogP contribution in [0.15, 0.2) is 11.1 Å². The third-order valence-electron chi connectivity index (χ3n) is 3.69. The van der Waals surface area contributed by atoms with Crippen LogP contribution in [0.25, 0.3) is 0 Å². The zero-order valence-electron chi connectivity index (χ0n) is 11.6. The number of carbonyl (C=O) groups excluding carboxylic acids is 1. The van der Waals surface area contributed by atoms with Crippen molar-refractivity contribution in [3.8, 4) is 0 Å². The van der Waals surface area contributed by atoms with E-state index in [2.05, 4.69) is 4.90 Å². The Morgan fingerprint density at radius 3 is 2.00 bits per heavy atom. The fourth-order valence-corrected chi connectivity index (χ4v) is 2.14. The highest BCUT2D eigenvalue weighted by molar-refractivity contribution is 6.01. The van der Waals surface area contributed by atoms with E-state index in [0.29, 0.717) is 24.7 Å². The van der Waals surface area contributed by atoms with Crippen molar-refractivity contribution >= 4 is 11.9 Å². The van der Waals surface area contributed by atoms with Crippen LogP contribution in [0, 0.1) is 0 Å². The molecule has 0 saturated carbocycles. The van der Waals surface area contributed by atoms with Gasteiger partial charge in [-0.2, -0.15) is 0 Å². The van der Waals surface area contributed by atoms with Crippen LogP contribution in [0.1, 0.15) is 26.7 Å². The molecule has 0 spiro atoms. The Balaban J connectivity index is 2.66. The van der Waals surface area contributed by atoms with Gasteiger partial charge in [-0.3, -0.25) is 4.79 Å². The van der Waals surface area contributed by atoms with Crippen molar-refractivity contribution < 1.29 is 14.7 Å². The molecule has 1 rings (SSSR count). The number of carbonyl (C=O) groups is 2. The standard InChI is InChI=1S/C13H22N2O3/c1-9(10(2)13(17)18)12(16)15-7-5-11(6-8-15)14(3)4/h11H,5-8H2,1-4H3,(H,17,18). The molecular weight excluding hydrogens is 232 g/mol. The lowest BCUT2D eigenvalue weighted by molar-refractivity contribution is -0.134. The van der Waals surface area contributed by atoms with E-state index in [1.54, 1.807) is 11.8 Å². The molecule has 1 fully saturated rings. The number of nitrogens with zero attached hydrogens (tertiary/aromatic N) is 2. The van der Waals surface area contributed by atoms with Crippen LogP contribution < -0.4 is 0 Å². The fraction of sp³-hybridized carbons (Fsp3) is 0.692. The minimum atomic E-state index is -1.02. The molecule has 5 nitrogen and oxygen atoms in total. The number of hydrogen-bond acceptors (Lipinski definition) is 3. The Labute approximate surface area is 108 Å². The van der Waals surface area contributed by atoms with Crippen molar-refractivity contribution in [1.29, 1.82) is 0 Å². The first-order valence-electron chi connectivity index (χ1n) is 6.21. The van der Waals surface area contributed by atoms with E-state index in [1.165, 1.54) is 6.92 Å². The molecule has 102 valence electrons. The van der Waals surface area contributed by atoms with Gasteiger partial charge in [-0.05, 0) is 40.8 Å². The van der Waals surface area contributed by atoms with E-state index in [1.807, 2.05) is 14.1 Å². The summed E-state index contributed by atoms with van der Waals surface area (Å²) in [5.41, 5.74) is 0.473. The van der Waals surface area contributed by atoms with Crippen LogP contribution in [0.4, 0.5) is 0 Å². The average molecular weight is 254 g/mol. The number of rotatable bonds is 3. The van der Waals surface area contributed by atoms with E-state index in [0.717, 1.165) is 12.8 Å². The lowest BCUT2D eigenvalue weighted by atomic mass is 10.0. The summed E-state index contributed by atoms with van der Waals surface area (Å²) in [6, 6.07) is 0.513. The van der Waals surface area contributed by atoms with Crippen LogP contribution in [0.2, 0.25) is 0 Å². The maximum Gasteiger partial charge on any atom is 0.331 e. The Bertz CT molecular complexity index is 366. The lowest BCUT2D eigenvalue weighted by Gasteiger charge is -2.35. The molecule has 0 atom stereocenters. The van der Waals surface area contributed by atoms with Crippen molar-refractivity contribution in [3.63, 3.8) is 0 Å². The molecule has 0 unspecified atom stereocenters. The Morgan fingerprint density at radius 1 is 1.11 bits per heavy atom. The number of carboxylic acid groups (broad SMARTS) is 1. The molecule has 0 radical (unpaired) electrons. The van der Waals surface area contributed by atoms with Gasteiger partial charge in [-0.15, -0.1) is 0 Å². The largest absolute Gasteiger partial charge is 0.478 e. The molecule has 1 aliphatic heterocycles. The third-order valence-corrected chi connectivity index (χ3v) is 3.69. The monoisotopic (exact) mass is 254 g/mol. The maximum atomic E-state index is 12.1. The topological polar surface area (TPSA) is 60.9 Å². The van der Waals surface area contributed by atoms with Gasteiger partial charge in [0.25, 0.3) is 0 Å². The van der Waals surface area contributed by atoms with Gasteiger partial charge in [-0.1, -0.05) is 0 Å². The summed E-state index contributed by atoms with van der Waals surface area (Å²) in [6.07, 6.45) is 1.89. The zero-order chi connectivity index (χ0) is 13.9. The first-order chi connectivity index (χ1) is 8.34. The molecule has 1 aliphatic rings.